The number of nitrogens with two attached hydrogens (primary N) is 1. The van der Waals surface area contributed by atoms with Crippen LogP contribution in [0, 0.1) is 0 Å². The fourth-order valence-electron chi connectivity index (χ4n) is 4.19. The molecule has 0 unspecified atom stereocenters. The molecule has 2 heterocycles. The summed E-state index contributed by atoms with van der Waals surface area (Å²) in [5.74, 6) is 0.710. The van der Waals surface area contributed by atoms with Gasteiger partial charge < -0.3 is 35.9 Å². The maximum absolute atomic E-state index is 12.9. The zero-order chi connectivity index (χ0) is 29.0. The van der Waals surface area contributed by atoms with Crippen LogP contribution in [0.5, 0.6) is 5.75 Å². The molecular weight excluding hydrogens is 510 g/mol. The van der Waals surface area contributed by atoms with Crippen molar-refractivity contribution < 1.29 is 9.53 Å². The number of amides is 1. The van der Waals surface area contributed by atoms with E-state index in [9.17, 15) is 9.59 Å². The summed E-state index contributed by atoms with van der Waals surface area (Å²) in [6.45, 7) is 8.87. The van der Waals surface area contributed by atoms with Crippen molar-refractivity contribution in [3.05, 3.63) is 77.9 Å². The number of nitrogens with zero attached hydrogens (tertiary/aromatic N) is 5. The van der Waals surface area contributed by atoms with Crippen LogP contribution in [0.4, 0.5) is 23.0 Å². The normalized spacial score (nSPS) is 10.9. The molecule has 0 saturated carbocycles. The Labute approximate surface area is 231 Å². The van der Waals surface area contributed by atoms with Gasteiger partial charge in [-0.25, -0.2) is 14.3 Å². The van der Waals surface area contributed by atoms with Crippen molar-refractivity contribution in [3.8, 4) is 11.6 Å². The zero-order valence-corrected chi connectivity index (χ0v) is 23.0. The lowest BCUT2D eigenvalue weighted by Gasteiger charge is -2.26. The van der Waals surface area contributed by atoms with Gasteiger partial charge in [-0.15, -0.1) is 0 Å². The van der Waals surface area contributed by atoms with Crippen LogP contribution in [0.1, 0.15) is 5.56 Å². The number of benzene rings is 2. The number of nitrogens with one attached hydrogen (secondary N) is 3. The second kappa shape index (κ2) is 11.7. The number of hydrogen-bond donors (Lipinski definition) is 4. The predicted molar refractivity (Wildman–Crippen MR) is 160 cm³/mol. The van der Waals surface area contributed by atoms with Gasteiger partial charge >= 0.3 is 5.69 Å². The van der Waals surface area contributed by atoms with Crippen LogP contribution >= 0.6 is 0 Å². The van der Waals surface area contributed by atoms with Crippen LogP contribution in [-0.2, 0) is 4.79 Å². The number of H-pyrrole nitrogens is 1. The Morgan fingerprint density at radius 3 is 2.65 bits per heavy atom. The third kappa shape index (κ3) is 5.81. The highest BCUT2D eigenvalue weighted by molar-refractivity contribution is 6.02. The van der Waals surface area contributed by atoms with Crippen LogP contribution < -0.4 is 31.7 Å². The number of anilines is 4. The highest BCUT2D eigenvalue weighted by Crippen LogP contribution is 2.38. The minimum atomic E-state index is -0.384. The van der Waals surface area contributed by atoms with Gasteiger partial charge in [0.2, 0.25) is 11.9 Å². The third-order valence-corrected chi connectivity index (χ3v) is 6.24. The van der Waals surface area contributed by atoms with Crippen molar-refractivity contribution in [1.29, 1.82) is 0 Å². The van der Waals surface area contributed by atoms with Gasteiger partial charge in [0.15, 0.2) is 0 Å². The number of hydrogen-bond acceptors (Lipinski definition) is 9. The smallest absolute Gasteiger partial charge is 0.332 e. The van der Waals surface area contributed by atoms with Crippen LogP contribution in [0.2, 0.25) is 0 Å². The fourth-order valence-corrected chi connectivity index (χ4v) is 4.19. The first-order valence-corrected chi connectivity index (χ1v) is 12.4. The van der Waals surface area contributed by atoms with Gasteiger partial charge in [-0.05, 0) is 32.3 Å². The molecule has 0 atom stereocenters. The number of methoxy groups -OCH3 is 1. The molecule has 12 heteroatoms. The number of aromatic nitrogens is 4. The maximum atomic E-state index is 12.9. The number of carbonyl (C=O) groups is 1. The van der Waals surface area contributed by atoms with Gasteiger partial charge in [0.05, 0.1) is 35.2 Å². The molecule has 0 aliphatic heterocycles. The number of ether oxygens (including phenoxy) is 1. The molecule has 0 spiro atoms. The Hall–Kier alpha value is -5.10. The van der Waals surface area contributed by atoms with Crippen molar-refractivity contribution in [1.82, 2.24) is 24.4 Å². The van der Waals surface area contributed by atoms with E-state index in [2.05, 4.69) is 43.6 Å². The van der Waals surface area contributed by atoms with E-state index in [4.69, 9.17) is 10.5 Å². The summed E-state index contributed by atoms with van der Waals surface area (Å²) in [6.07, 6.45) is 2.75. The Bertz CT molecular complexity index is 1640. The van der Waals surface area contributed by atoms with Gasteiger partial charge in [-0.2, -0.15) is 4.98 Å². The van der Waals surface area contributed by atoms with E-state index in [1.807, 2.05) is 32.1 Å². The summed E-state index contributed by atoms with van der Waals surface area (Å²) >= 11 is 0. The Morgan fingerprint density at radius 2 is 1.98 bits per heavy atom. The minimum Gasteiger partial charge on any atom is -0.494 e. The lowest BCUT2D eigenvalue weighted by molar-refractivity contribution is -0.111. The molecule has 5 N–H and O–H groups in total. The average Bonchev–Trinajstić information content (AvgIpc) is 3.27. The average molecular weight is 544 g/mol. The molecule has 208 valence electrons. The van der Waals surface area contributed by atoms with E-state index < -0.39 is 0 Å². The first-order valence-electron chi connectivity index (χ1n) is 12.4. The lowest BCUT2D eigenvalue weighted by Crippen LogP contribution is -2.29. The molecule has 2 aromatic heterocycles. The number of fused-ring (bicyclic) bond motifs is 1. The zero-order valence-electron chi connectivity index (χ0n) is 23.0. The summed E-state index contributed by atoms with van der Waals surface area (Å²) in [5, 5.41) is 6.03. The Morgan fingerprint density at radius 1 is 1.20 bits per heavy atom. The van der Waals surface area contributed by atoms with Crippen LogP contribution in [0.25, 0.3) is 22.5 Å². The van der Waals surface area contributed by atoms with E-state index in [0.717, 1.165) is 12.2 Å². The largest absolute Gasteiger partial charge is 0.494 e. The monoisotopic (exact) mass is 543 g/mol. The molecular formula is C28H33N9O3. The molecule has 4 rings (SSSR count). The highest BCUT2D eigenvalue weighted by Gasteiger charge is 2.18. The first kappa shape index (κ1) is 27.9. The SMILES string of the molecule is C=CC(=O)Nc1cc(Nc2nccc(-n3c(=O)[nH]c4c(C(=C)N)cccc43)n2)c(OC)cc1N(C)CCN(C)C. The molecule has 0 aliphatic rings. The topological polar surface area (TPSA) is 146 Å². The molecule has 40 heavy (non-hydrogen) atoms. The van der Waals surface area contributed by atoms with Gasteiger partial charge in [-0.3, -0.25) is 4.79 Å². The molecule has 0 aliphatic carbocycles. The van der Waals surface area contributed by atoms with Gasteiger partial charge in [0.25, 0.3) is 0 Å². The first-order chi connectivity index (χ1) is 19.1. The molecule has 12 nitrogen and oxygen atoms in total. The molecule has 0 fully saturated rings. The third-order valence-electron chi connectivity index (χ3n) is 6.24. The van der Waals surface area contributed by atoms with Crippen LogP contribution in [-0.4, -0.2) is 71.7 Å². The summed E-state index contributed by atoms with van der Waals surface area (Å²) in [4.78, 5) is 41.0. The van der Waals surface area contributed by atoms with Gasteiger partial charge in [0.1, 0.15) is 11.6 Å². The van der Waals surface area contributed by atoms with E-state index in [1.54, 1.807) is 37.4 Å². The number of aromatic amines is 1. The molecule has 1 amide bonds. The second-order valence-electron chi connectivity index (χ2n) is 9.34. The molecule has 4 aromatic rings. The summed E-state index contributed by atoms with van der Waals surface area (Å²) in [5.41, 5.74) is 9.48. The minimum absolute atomic E-state index is 0.214. The standard InChI is InChI=1S/C28H33N9O3/c1-7-25(38)31-19-15-20(23(40-6)16-22(19)36(5)14-13-35(3)4)32-27-30-12-11-24(33-27)37-21-10-8-9-18(17(2)29)26(21)34-28(37)39/h7-12,15-16H,1-2,13-14,29H2,3-6H3,(H,31,38)(H,34,39)(H,30,32,33). The number of likely N-dealkylation sites (N-methyl/N-ethyl adjacent to an activating group) is 2. The molecule has 0 radical (unpaired) electrons. The number of para-hydroxylation sites is 1. The Kier molecular flexibility index (Phi) is 8.20. The number of rotatable bonds is 11. The van der Waals surface area contributed by atoms with Crippen molar-refractivity contribution in [2.24, 2.45) is 5.73 Å². The lowest BCUT2D eigenvalue weighted by atomic mass is 10.1. The maximum Gasteiger partial charge on any atom is 0.332 e. The van der Waals surface area contributed by atoms with E-state index >= 15 is 0 Å². The summed E-state index contributed by atoms with van der Waals surface area (Å²) in [6, 6.07) is 10.6. The summed E-state index contributed by atoms with van der Waals surface area (Å²) in [7, 11) is 7.48. The van der Waals surface area contributed by atoms with Crippen molar-refractivity contribution in [2.75, 3.05) is 56.9 Å². The second-order valence-corrected chi connectivity index (χ2v) is 9.34. The van der Waals surface area contributed by atoms with Gasteiger partial charge in [0, 0.05) is 49.7 Å². The van der Waals surface area contributed by atoms with Gasteiger partial charge in [-0.1, -0.05) is 25.3 Å². The van der Waals surface area contributed by atoms with E-state index in [0.29, 0.717) is 51.8 Å². The fraction of sp³-hybridized carbons (Fsp3) is 0.214. The predicted octanol–water partition coefficient (Wildman–Crippen LogP) is 2.91. The Balaban J connectivity index is 1.75. The quantitative estimate of drug-likeness (QED) is 0.210. The molecule has 0 saturated heterocycles. The van der Waals surface area contributed by atoms with Crippen molar-refractivity contribution in [3.63, 3.8) is 0 Å². The van der Waals surface area contributed by atoms with Crippen molar-refractivity contribution in [2.45, 2.75) is 0 Å². The van der Waals surface area contributed by atoms with E-state index in [1.165, 1.54) is 16.8 Å². The molecule has 0 bridgehead atoms. The van der Waals surface area contributed by atoms with E-state index in [-0.39, 0.29) is 17.5 Å². The molecule has 2 aromatic carbocycles. The summed E-state index contributed by atoms with van der Waals surface area (Å²) < 4.78 is 7.10. The van der Waals surface area contributed by atoms with Crippen molar-refractivity contribution >= 4 is 45.6 Å². The number of carbonyl (C=O) groups excluding carboxylic acids is 1. The van der Waals surface area contributed by atoms with Crippen LogP contribution in [0.3, 0.4) is 0 Å². The van der Waals surface area contributed by atoms with Crippen LogP contribution in [0.15, 0.2) is 66.6 Å². The highest BCUT2D eigenvalue weighted by atomic mass is 16.5. The number of imidazole rings is 1.